The van der Waals surface area contributed by atoms with E-state index in [2.05, 4.69) is 4.98 Å². The Morgan fingerprint density at radius 3 is 2.63 bits per heavy atom. The van der Waals surface area contributed by atoms with Crippen molar-refractivity contribution in [2.24, 2.45) is 0 Å². The molecule has 8 heteroatoms. The molecule has 2 aromatic carbocycles. The maximum atomic E-state index is 13.3. The van der Waals surface area contributed by atoms with Gasteiger partial charge >= 0.3 is 5.69 Å². The Balaban J connectivity index is 1.99. The molecule has 0 N–H and O–H groups in total. The van der Waals surface area contributed by atoms with E-state index in [4.69, 9.17) is 16.3 Å². The smallest absolute Gasteiger partial charge is 0.337 e. The van der Waals surface area contributed by atoms with E-state index in [0.29, 0.717) is 28.4 Å². The van der Waals surface area contributed by atoms with Gasteiger partial charge in [0.05, 0.1) is 25.2 Å². The van der Waals surface area contributed by atoms with Crippen LogP contribution in [-0.2, 0) is 17.8 Å². The lowest BCUT2D eigenvalue weighted by Gasteiger charge is -2.13. The number of halogens is 1. The number of imidazole rings is 1. The van der Waals surface area contributed by atoms with Crippen LogP contribution in [0.5, 0.6) is 0 Å². The third kappa shape index (κ3) is 3.58. The topological polar surface area (TPSA) is 71.1 Å². The molecular formula is C22H21ClN4O3. The van der Waals surface area contributed by atoms with E-state index in [1.807, 2.05) is 31.2 Å². The van der Waals surface area contributed by atoms with Crippen LogP contribution in [-0.4, -0.2) is 32.4 Å². The molecule has 0 saturated carbocycles. The minimum atomic E-state index is -0.479. The summed E-state index contributed by atoms with van der Waals surface area (Å²) in [5, 5.41) is 0.488. The SMILES string of the molecule is COCCn1c(=O)c2c(ncn2Cc2ccccc2C)n(-c2cccc(Cl)c2)c1=O. The average Bonchev–Trinajstić information content (AvgIpc) is 3.13. The minimum Gasteiger partial charge on any atom is -0.383 e. The predicted molar refractivity (Wildman–Crippen MR) is 117 cm³/mol. The molecular weight excluding hydrogens is 404 g/mol. The third-order valence-corrected chi connectivity index (χ3v) is 5.32. The van der Waals surface area contributed by atoms with Gasteiger partial charge in [-0.25, -0.2) is 14.3 Å². The Bertz CT molecular complexity index is 1340. The lowest BCUT2D eigenvalue weighted by atomic mass is 10.1. The first-order chi connectivity index (χ1) is 14.5. The van der Waals surface area contributed by atoms with Crippen LogP contribution in [0, 0.1) is 6.92 Å². The highest BCUT2D eigenvalue weighted by molar-refractivity contribution is 6.30. The average molecular weight is 425 g/mol. The Kier molecular flexibility index (Phi) is 5.57. The zero-order chi connectivity index (χ0) is 21.3. The molecule has 0 unspecified atom stereocenters. The van der Waals surface area contributed by atoms with Crippen LogP contribution in [0.25, 0.3) is 16.9 Å². The van der Waals surface area contributed by atoms with Gasteiger partial charge in [0.2, 0.25) is 0 Å². The molecule has 0 amide bonds. The number of hydrogen-bond donors (Lipinski definition) is 0. The molecule has 4 rings (SSSR count). The number of aromatic nitrogens is 4. The third-order valence-electron chi connectivity index (χ3n) is 5.09. The molecule has 0 radical (unpaired) electrons. The van der Waals surface area contributed by atoms with E-state index in [0.717, 1.165) is 11.1 Å². The van der Waals surface area contributed by atoms with Gasteiger partial charge in [0, 0.05) is 18.7 Å². The van der Waals surface area contributed by atoms with Crippen LogP contribution < -0.4 is 11.2 Å². The van der Waals surface area contributed by atoms with Gasteiger partial charge in [-0.15, -0.1) is 0 Å². The van der Waals surface area contributed by atoms with Gasteiger partial charge in [0.15, 0.2) is 11.2 Å². The van der Waals surface area contributed by atoms with Crippen molar-refractivity contribution in [2.45, 2.75) is 20.0 Å². The van der Waals surface area contributed by atoms with E-state index >= 15 is 0 Å². The van der Waals surface area contributed by atoms with Crippen molar-refractivity contribution in [1.29, 1.82) is 0 Å². The van der Waals surface area contributed by atoms with E-state index in [9.17, 15) is 9.59 Å². The number of fused-ring (bicyclic) bond motifs is 1. The number of hydrogen-bond acceptors (Lipinski definition) is 4. The second-order valence-electron chi connectivity index (χ2n) is 7.02. The first-order valence-electron chi connectivity index (χ1n) is 9.51. The van der Waals surface area contributed by atoms with Crippen LogP contribution in [0.1, 0.15) is 11.1 Å². The molecule has 0 fully saturated rings. The molecule has 0 aliphatic carbocycles. The van der Waals surface area contributed by atoms with Crippen molar-refractivity contribution >= 4 is 22.8 Å². The monoisotopic (exact) mass is 424 g/mol. The van der Waals surface area contributed by atoms with Crippen LogP contribution in [0.3, 0.4) is 0 Å². The van der Waals surface area contributed by atoms with Gasteiger partial charge in [-0.1, -0.05) is 41.9 Å². The van der Waals surface area contributed by atoms with Gasteiger partial charge in [-0.05, 0) is 36.2 Å². The maximum Gasteiger partial charge on any atom is 0.337 e. The molecule has 2 heterocycles. The summed E-state index contributed by atoms with van der Waals surface area (Å²) < 4.78 is 9.49. The van der Waals surface area contributed by atoms with Crippen LogP contribution >= 0.6 is 11.6 Å². The first-order valence-corrected chi connectivity index (χ1v) is 9.89. The fourth-order valence-corrected chi connectivity index (χ4v) is 3.68. The summed E-state index contributed by atoms with van der Waals surface area (Å²) in [7, 11) is 1.53. The zero-order valence-electron chi connectivity index (χ0n) is 16.7. The van der Waals surface area contributed by atoms with E-state index in [1.54, 1.807) is 35.2 Å². The molecule has 4 aromatic rings. The number of methoxy groups -OCH3 is 1. The number of ether oxygens (including phenoxy) is 1. The minimum absolute atomic E-state index is 0.139. The standard InChI is InChI=1S/C22H21ClN4O3/c1-15-6-3-4-7-16(15)13-25-14-24-20-19(25)21(28)26(10-11-30-2)22(29)27(20)18-9-5-8-17(23)12-18/h3-9,12,14H,10-11,13H2,1-2H3. The summed E-state index contributed by atoms with van der Waals surface area (Å²) in [6, 6.07) is 14.9. The van der Waals surface area contributed by atoms with Crippen molar-refractivity contribution in [3.63, 3.8) is 0 Å². The number of aryl methyl sites for hydroxylation is 1. The number of nitrogens with zero attached hydrogens (tertiary/aromatic N) is 4. The summed E-state index contributed by atoms with van der Waals surface area (Å²) in [6.07, 6.45) is 1.60. The maximum absolute atomic E-state index is 13.3. The van der Waals surface area contributed by atoms with Crippen molar-refractivity contribution in [3.05, 3.63) is 91.8 Å². The highest BCUT2D eigenvalue weighted by atomic mass is 35.5. The second-order valence-corrected chi connectivity index (χ2v) is 7.46. The molecule has 30 heavy (non-hydrogen) atoms. The van der Waals surface area contributed by atoms with Crippen molar-refractivity contribution in [1.82, 2.24) is 18.7 Å². The fourth-order valence-electron chi connectivity index (χ4n) is 3.50. The summed E-state index contributed by atoms with van der Waals surface area (Å²) in [5.74, 6) is 0. The Morgan fingerprint density at radius 2 is 1.90 bits per heavy atom. The molecule has 2 aromatic heterocycles. The van der Waals surface area contributed by atoms with Crippen molar-refractivity contribution in [3.8, 4) is 5.69 Å². The highest BCUT2D eigenvalue weighted by Crippen LogP contribution is 2.18. The van der Waals surface area contributed by atoms with Crippen LogP contribution in [0.4, 0.5) is 0 Å². The molecule has 0 saturated heterocycles. The van der Waals surface area contributed by atoms with Crippen molar-refractivity contribution < 1.29 is 4.74 Å². The fraction of sp³-hybridized carbons (Fsp3) is 0.227. The predicted octanol–water partition coefficient (Wildman–Crippen LogP) is 3.01. The lowest BCUT2D eigenvalue weighted by Crippen LogP contribution is -2.41. The molecule has 0 bridgehead atoms. The first kappa shape index (κ1) is 20.1. The van der Waals surface area contributed by atoms with Gasteiger partial charge in [-0.2, -0.15) is 0 Å². The summed E-state index contributed by atoms with van der Waals surface area (Å²) in [5.41, 5.74) is 2.51. The van der Waals surface area contributed by atoms with E-state index < -0.39 is 11.2 Å². The summed E-state index contributed by atoms with van der Waals surface area (Å²) in [4.78, 5) is 30.9. The molecule has 0 aliphatic heterocycles. The van der Waals surface area contributed by atoms with Crippen molar-refractivity contribution in [2.75, 3.05) is 13.7 Å². The van der Waals surface area contributed by atoms with Crippen LogP contribution in [0.15, 0.2) is 64.4 Å². The van der Waals surface area contributed by atoms with Gasteiger partial charge in [-0.3, -0.25) is 9.36 Å². The normalized spacial score (nSPS) is 11.3. The van der Waals surface area contributed by atoms with Gasteiger partial charge in [0.1, 0.15) is 0 Å². The molecule has 7 nitrogen and oxygen atoms in total. The number of rotatable bonds is 6. The van der Waals surface area contributed by atoms with Crippen LogP contribution in [0.2, 0.25) is 5.02 Å². The number of benzene rings is 2. The second kappa shape index (κ2) is 8.30. The Morgan fingerprint density at radius 1 is 1.10 bits per heavy atom. The molecule has 0 aliphatic rings. The van der Waals surface area contributed by atoms with Gasteiger partial charge in [0.25, 0.3) is 5.56 Å². The largest absolute Gasteiger partial charge is 0.383 e. The van der Waals surface area contributed by atoms with E-state index in [-0.39, 0.29) is 13.2 Å². The Labute approximate surface area is 177 Å². The quantitative estimate of drug-likeness (QED) is 0.477. The summed E-state index contributed by atoms with van der Waals surface area (Å²) in [6.45, 7) is 2.87. The van der Waals surface area contributed by atoms with E-state index in [1.165, 1.54) is 16.2 Å². The molecule has 0 atom stereocenters. The molecule has 0 spiro atoms. The lowest BCUT2D eigenvalue weighted by molar-refractivity contribution is 0.184. The Hall–Kier alpha value is -3.16. The van der Waals surface area contributed by atoms with Gasteiger partial charge < -0.3 is 9.30 Å². The summed E-state index contributed by atoms with van der Waals surface area (Å²) >= 11 is 6.15. The molecule has 154 valence electrons. The zero-order valence-corrected chi connectivity index (χ0v) is 17.5. The highest BCUT2D eigenvalue weighted by Gasteiger charge is 2.19.